The summed E-state index contributed by atoms with van der Waals surface area (Å²) < 4.78 is 6.99. The minimum absolute atomic E-state index is 0.125. The highest BCUT2D eigenvalue weighted by molar-refractivity contribution is 5.38. The number of hydrogen-bond acceptors (Lipinski definition) is 3. The van der Waals surface area contributed by atoms with Crippen LogP contribution in [0.5, 0.6) is 5.75 Å². The van der Waals surface area contributed by atoms with E-state index in [9.17, 15) is 5.11 Å². The Morgan fingerprint density at radius 1 is 1.42 bits per heavy atom. The van der Waals surface area contributed by atoms with Crippen LogP contribution in [0, 0.1) is 0 Å². The molecule has 4 heteroatoms. The number of nitrogens with zero attached hydrogens (tertiary/aromatic N) is 2. The monoisotopic (exact) mass is 258 g/mol. The Balaban J connectivity index is 1.97. The van der Waals surface area contributed by atoms with Crippen LogP contribution in [-0.4, -0.2) is 22.0 Å². The van der Waals surface area contributed by atoms with Gasteiger partial charge in [0.25, 0.3) is 0 Å². The average Bonchev–Trinajstić information content (AvgIpc) is 3.01. The molecule has 0 saturated carbocycles. The molecular weight excluding hydrogens is 240 g/mol. The van der Waals surface area contributed by atoms with E-state index in [1.165, 1.54) is 11.1 Å². The third-order valence-electron chi connectivity index (χ3n) is 4.01. The van der Waals surface area contributed by atoms with E-state index >= 15 is 0 Å². The zero-order chi connectivity index (χ0) is 13.4. The van der Waals surface area contributed by atoms with Gasteiger partial charge < -0.3 is 9.84 Å². The topological polar surface area (TPSA) is 47.3 Å². The summed E-state index contributed by atoms with van der Waals surface area (Å²) in [5.41, 5.74) is 3.34. The predicted octanol–water partition coefficient (Wildman–Crippen LogP) is 2.19. The third kappa shape index (κ3) is 1.92. The maximum atomic E-state index is 10.7. The van der Waals surface area contributed by atoms with Crippen LogP contribution in [0.15, 0.2) is 30.5 Å². The largest absolute Gasteiger partial charge is 0.493 e. The first kappa shape index (κ1) is 12.2. The predicted molar refractivity (Wildman–Crippen MR) is 72.2 cm³/mol. The minimum Gasteiger partial charge on any atom is -0.493 e. The molecular formula is C15H18N2O2. The fourth-order valence-corrected chi connectivity index (χ4v) is 3.03. The molecule has 100 valence electrons. The van der Waals surface area contributed by atoms with Crippen molar-refractivity contribution in [2.45, 2.75) is 24.9 Å². The van der Waals surface area contributed by atoms with Gasteiger partial charge in [-0.25, -0.2) is 0 Å². The van der Waals surface area contributed by atoms with Crippen molar-refractivity contribution in [2.75, 3.05) is 7.11 Å². The van der Waals surface area contributed by atoms with Crippen LogP contribution >= 0.6 is 0 Å². The number of benzene rings is 1. The van der Waals surface area contributed by atoms with Crippen LogP contribution in [0.25, 0.3) is 0 Å². The molecule has 4 nitrogen and oxygen atoms in total. The van der Waals surface area contributed by atoms with Crippen molar-refractivity contribution >= 4 is 0 Å². The van der Waals surface area contributed by atoms with E-state index in [1.54, 1.807) is 18.0 Å². The van der Waals surface area contributed by atoms with Gasteiger partial charge in [0.2, 0.25) is 0 Å². The highest BCUT2D eigenvalue weighted by atomic mass is 16.5. The molecule has 2 unspecified atom stereocenters. The standard InChI is InChI=1S/C15H18N2O2/c1-17-14(13(19-2)9-16-17)15(18)12-8-7-10-5-3-4-6-11(10)12/h3-6,9,12,15,18H,7-8H2,1-2H3. The van der Waals surface area contributed by atoms with Gasteiger partial charge in [0.1, 0.15) is 11.8 Å². The summed E-state index contributed by atoms with van der Waals surface area (Å²) in [7, 11) is 3.44. The number of aliphatic hydroxyl groups excluding tert-OH is 1. The zero-order valence-corrected chi connectivity index (χ0v) is 11.2. The Kier molecular flexibility index (Phi) is 3.03. The van der Waals surface area contributed by atoms with Crippen LogP contribution in [0.2, 0.25) is 0 Å². The molecule has 0 radical (unpaired) electrons. The maximum Gasteiger partial charge on any atom is 0.162 e. The smallest absolute Gasteiger partial charge is 0.162 e. The number of methoxy groups -OCH3 is 1. The lowest BCUT2D eigenvalue weighted by Gasteiger charge is -2.20. The minimum atomic E-state index is -0.578. The second-order valence-electron chi connectivity index (χ2n) is 5.01. The Morgan fingerprint density at radius 3 is 3.00 bits per heavy atom. The summed E-state index contributed by atoms with van der Waals surface area (Å²) in [6, 6.07) is 8.34. The fourth-order valence-electron chi connectivity index (χ4n) is 3.03. The van der Waals surface area contributed by atoms with E-state index in [1.807, 2.05) is 13.1 Å². The molecule has 1 aromatic heterocycles. The first-order valence-electron chi connectivity index (χ1n) is 6.54. The highest BCUT2D eigenvalue weighted by Crippen LogP contribution is 2.43. The maximum absolute atomic E-state index is 10.7. The van der Waals surface area contributed by atoms with E-state index in [4.69, 9.17) is 4.74 Å². The zero-order valence-electron chi connectivity index (χ0n) is 11.2. The first-order valence-corrected chi connectivity index (χ1v) is 6.54. The van der Waals surface area contributed by atoms with Crippen molar-refractivity contribution in [3.8, 4) is 5.75 Å². The molecule has 1 aliphatic rings. The second-order valence-corrected chi connectivity index (χ2v) is 5.01. The number of aryl methyl sites for hydroxylation is 2. The molecule has 0 bridgehead atoms. The van der Waals surface area contributed by atoms with E-state index in [0.29, 0.717) is 5.75 Å². The van der Waals surface area contributed by atoms with Crippen molar-refractivity contribution in [3.05, 3.63) is 47.3 Å². The molecule has 19 heavy (non-hydrogen) atoms. The van der Waals surface area contributed by atoms with Gasteiger partial charge in [0.15, 0.2) is 5.75 Å². The molecule has 1 aromatic carbocycles. The molecule has 2 aromatic rings. The van der Waals surface area contributed by atoms with Crippen molar-refractivity contribution < 1.29 is 9.84 Å². The average molecular weight is 258 g/mol. The van der Waals surface area contributed by atoms with Gasteiger partial charge in [-0.3, -0.25) is 4.68 Å². The Labute approximate surface area is 112 Å². The van der Waals surface area contributed by atoms with Gasteiger partial charge in [0.05, 0.1) is 13.3 Å². The molecule has 0 saturated heterocycles. The molecule has 1 aliphatic carbocycles. The van der Waals surface area contributed by atoms with E-state index in [2.05, 4.69) is 23.3 Å². The summed E-state index contributed by atoms with van der Waals surface area (Å²) in [6.07, 6.45) is 3.07. The second kappa shape index (κ2) is 4.70. The third-order valence-corrected chi connectivity index (χ3v) is 4.01. The van der Waals surface area contributed by atoms with Crippen LogP contribution in [0.1, 0.15) is 35.3 Å². The van der Waals surface area contributed by atoms with E-state index < -0.39 is 6.10 Å². The lowest BCUT2D eigenvalue weighted by Crippen LogP contribution is -2.13. The van der Waals surface area contributed by atoms with Crippen molar-refractivity contribution in [2.24, 2.45) is 7.05 Å². The lowest BCUT2D eigenvalue weighted by atomic mass is 9.93. The van der Waals surface area contributed by atoms with Crippen molar-refractivity contribution in [1.29, 1.82) is 0 Å². The first-order chi connectivity index (χ1) is 9.22. The van der Waals surface area contributed by atoms with Crippen molar-refractivity contribution in [1.82, 2.24) is 9.78 Å². The number of aromatic nitrogens is 2. The molecule has 0 spiro atoms. The van der Waals surface area contributed by atoms with Crippen LogP contribution in [0.4, 0.5) is 0 Å². The van der Waals surface area contributed by atoms with Gasteiger partial charge in [-0.15, -0.1) is 0 Å². The molecule has 1 heterocycles. The Hall–Kier alpha value is -1.81. The van der Waals surface area contributed by atoms with E-state index in [0.717, 1.165) is 18.5 Å². The Morgan fingerprint density at radius 2 is 2.21 bits per heavy atom. The molecule has 0 fully saturated rings. The van der Waals surface area contributed by atoms with Gasteiger partial charge in [-0.2, -0.15) is 5.10 Å². The summed E-state index contributed by atoms with van der Waals surface area (Å²) in [5.74, 6) is 0.778. The summed E-state index contributed by atoms with van der Waals surface area (Å²) >= 11 is 0. The highest BCUT2D eigenvalue weighted by Gasteiger charge is 2.32. The molecule has 3 rings (SSSR count). The van der Waals surface area contributed by atoms with Gasteiger partial charge in [0, 0.05) is 13.0 Å². The van der Waals surface area contributed by atoms with Crippen LogP contribution in [0.3, 0.4) is 0 Å². The lowest BCUT2D eigenvalue weighted by molar-refractivity contribution is 0.132. The normalized spacial score (nSPS) is 19.2. The number of hydrogen-bond donors (Lipinski definition) is 1. The number of aliphatic hydroxyl groups is 1. The fraction of sp³-hybridized carbons (Fsp3) is 0.400. The van der Waals surface area contributed by atoms with Crippen molar-refractivity contribution in [3.63, 3.8) is 0 Å². The van der Waals surface area contributed by atoms with Gasteiger partial charge in [-0.1, -0.05) is 24.3 Å². The van der Waals surface area contributed by atoms with Gasteiger partial charge >= 0.3 is 0 Å². The SMILES string of the molecule is COc1cnn(C)c1C(O)C1CCc2ccccc21. The Bertz CT molecular complexity index is 592. The quantitative estimate of drug-likeness (QED) is 0.918. The summed E-state index contributed by atoms with van der Waals surface area (Å²) in [4.78, 5) is 0. The number of rotatable bonds is 3. The number of ether oxygens (including phenoxy) is 1. The van der Waals surface area contributed by atoms with E-state index in [-0.39, 0.29) is 5.92 Å². The van der Waals surface area contributed by atoms with Crippen LogP contribution < -0.4 is 4.74 Å². The molecule has 0 aliphatic heterocycles. The molecule has 1 N–H and O–H groups in total. The summed E-state index contributed by atoms with van der Waals surface area (Å²) in [6.45, 7) is 0. The molecule has 0 amide bonds. The van der Waals surface area contributed by atoms with Gasteiger partial charge in [-0.05, 0) is 24.0 Å². The van der Waals surface area contributed by atoms with Crippen LogP contribution in [-0.2, 0) is 13.5 Å². The molecule has 2 atom stereocenters. The number of fused-ring (bicyclic) bond motifs is 1. The summed E-state index contributed by atoms with van der Waals surface area (Å²) in [5, 5.41) is 14.9.